The van der Waals surface area contributed by atoms with Crippen molar-refractivity contribution in [1.29, 1.82) is 5.41 Å². The summed E-state index contributed by atoms with van der Waals surface area (Å²) in [5.41, 5.74) is 0.684. The first-order chi connectivity index (χ1) is 19.7. The highest BCUT2D eigenvalue weighted by atomic mass is 32.3. The van der Waals surface area contributed by atoms with E-state index in [9.17, 15) is 26.7 Å². The van der Waals surface area contributed by atoms with Crippen LogP contribution in [0, 0.1) is 23.7 Å². The van der Waals surface area contributed by atoms with Crippen LogP contribution in [0.4, 0.5) is 13.2 Å². The van der Waals surface area contributed by atoms with Crippen molar-refractivity contribution in [2.75, 3.05) is 19.3 Å². The number of nitrogens with two attached hydrogens (primary N) is 1. The van der Waals surface area contributed by atoms with Crippen LogP contribution in [0.15, 0.2) is 53.9 Å². The Morgan fingerprint density at radius 3 is 2.62 bits per heavy atom. The number of hydrazone groups is 1. The van der Waals surface area contributed by atoms with Gasteiger partial charge in [0.1, 0.15) is 5.69 Å². The molecule has 42 heavy (non-hydrogen) atoms. The molecule has 0 saturated carbocycles. The number of nitrogens with one attached hydrogen (secondary N) is 1. The second kappa shape index (κ2) is 10.2. The summed E-state index contributed by atoms with van der Waals surface area (Å²) >= 11 is 0. The molecule has 0 bridgehead atoms. The summed E-state index contributed by atoms with van der Waals surface area (Å²) in [5.74, 6) is 4.37. The summed E-state index contributed by atoms with van der Waals surface area (Å²) in [7, 11) is -5.00. The smallest absolute Gasteiger partial charge is 0.321 e. The van der Waals surface area contributed by atoms with Crippen LogP contribution in [0.2, 0.25) is 0 Å². The fourth-order valence-electron chi connectivity index (χ4n) is 6.22. The summed E-state index contributed by atoms with van der Waals surface area (Å²) in [6.07, 6.45) is 0.922. The maximum absolute atomic E-state index is 14.4. The van der Waals surface area contributed by atoms with Crippen molar-refractivity contribution < 1.29 is 26.7 Å². The minimum absolute atomic E-state index is 0.0642. The van der Waals surface area contributed by atoms with Gasteiger partial charge in [0.05, 0.1) is 29.1 Å². The molecule has 224 valence electrons. The van der Waals surface area contributed by atoms with E-state index < -0.39 is 37.5 Å². The Kier molecular flexibility index (Phi) is 7.23. The average molecular weight is 604 g/mol. The highest BCUT2D eigenvalue weighted by Crippen LogP contribution is 2.49. The minimum atomic E-state index is -5.00. The molecule has 1 saturated heterocycles. The van der Waals surface area contributed by atoms with Crippen molar-refractivity contribution in [2.45, 2.75) is 38.8 Å². The van der Waals surface area contributed by atoms with E-state index in [0.29, 0.717) is 25.5 Å². The number of ketones is 1. The maximum atomic E-state index is 14.4. The molecule has 2 atom stereocenters. The molecule has 1 aromatic carbocycles. The van der Waals surface area contributed by atoms with Crippen LogP contribution >= 0.6 is 0 Å². The highest BCUT2D eigenvalue weighted by Gasteiger charge is 2.55. The fraction of sp³-hybridized carbons (Fsp3) is 0.393. The van der Waals surface area contributed by atoms with Crippen LogP contribution in [0.1, 0.15) is 45.7 Å². The number of carbonyl (C=O) groups is 1. The Labute approximate surface area is 240 Å². The normalized spacial score (nSPS) is 22.8. The van der Waals surface area contributed by atoms with Crippen molar-refractivity contribution in [3.05, 3.63) is 76.9 Å². The van der Waals surface area contributed by atoms with Crippen molar-refractivity contribution >= 4 is 26.6 Å². The molecule has 2 aromatic heterocycles. The molecule has 1 aliphatic heterocycles. The van der Waals surface area contributed by atoms with E-state index >= 15 is 0 Å². The third kappa shape index (κ3) is 4.96. The minimum Gasteiger partial charge on any atom is -0.321 e. The lowest BCUT2D eigenvalue weighted by molar-refractivity contribution is -0.137. The van der Waals surface area contributed by atoms with E-state index in [2.05, 4.69) is 15.2 Å². The first-order valence-electron chi connectivity index (χ1n) is 13.3. The predicted octanol–water partition coefficient (Wildman–Crippen LogP) is 4.03. The second-order valence-electron chi connectivity index (χ2n) is 11.2. The number of hydrogen-bond acceptors (Lipinski definition) is 7. The van der Waals surface area contributed by atoms with E-state index in [1.807, 2.05) is 31.2 Å². The van der Waals surface area contributed by atoms with Crippen LogP contribution < -0.4 is 5.84 Å². The predicted molar refractivity (Wildman–Crippen MR) is 153 cm³/mol. The van der Waals surface area contributed by atoms with Crippen LogP contribution in [-0.2, 0) is 28.6 Å². The van der Waals surface area contributed by atoms with E-state index in [1.54, 1.807) is 10.9 Å². The Bertz CT molecular complexity index is 1640. The number of nitrogens with zero attached hydrogens (tertiary/aromatic N) is 5. The number of carbonyl (C=O) groups excluding carboxylic acids is 1. The van der Waals surface area contributed by atoms with Gasteiger partial charge >= 0.3 is 6.18 Å². The summed E-state index contributed by atoms with van der Waals surface area (Å²) in [6.45, 7) is 1.77. The molecular formula is C28H32F3N7O3S. The molecule has 0 amide bonds. The number of halogens is 3. The molecule has 2 aliphatic rings. The lowest BCUT2D eigenvalue weighted by Crippen LogP contribution is -2.64. The van der Waals surface area contributed by atoms with Crippen molar-refractivity contribution in [3.63, 3.8) is 0 Å². The number of piperidine rings is 1. The van der Waals surface area contributed by atoms with Gasteiger partial charge in [-0.05, 0) is 68.4 Å². The largest absolute Gasteiger partial charge is 0.416 e. The van der Waals surface area contributed by atoms with Gasteiger partial charge in [0, 0.05) is 31.2 Å². The third-order valence-corrected chi connectivity index (χ3v) is 11.3. The number of benzene rings is 1. The molecule has 3 heterocycles. The van der Waals surface area contributed by atoms with Gasteiger partial charge in [0.2, 0.25) is 0 Å². The topological polar surface area (TPSA) is 151 Å². The fourth-order valence-corrected chi connectivity index (χ4v) is 8.07. The molecule has 1 fully saturated rings. The number of alkyl halides is 3. The van der Waals surface area contributed by atoms with Crippen LogP contribution in [0.5, 0.6) is 0 Å². The molecule has 0 radical (unpaired) electrons. The summed E-state index contributed by atoms with van der Waals surface area (Å²) in [5, 5.41) is 15.0. The van der Waals surface area contributed by atoms with Gasteiger partial charge in [-0.1, -0.05) is 27.2 Å². The monoisotopic (exact) mass is 603 g/mol. The van der Waals surface area contributed by atoms with Crippen LogP contribution in [0.25, 0.3) is 5.69 Å². The van der Waals surface area contributed by atoms with E-state index in [1.165, 1.54) is 4.31 Å². The van der Waals surface area contributed by atoms with E-state index in [-0.39, 0.29) is 31.1 Å². The molecule has 1 aliphatic carbocycles. The summed E-state index contributed by atoms with van der Waals surface area (Å²) < 4.78 is 69.3. The standard InChI is InChI=1S/C28H32F3N7O3S/c1-18-3-6-22(7-4-18)38-24-8-5-20-10-12-37(42(2,40,41)25(15-32)36-33)17-27(20,14-19(24)16-35-38)26(39)23-13-21(9-11-34-23)28(29,30)31/h3-4,6-7,9,11,13,15-16,20,32H,5,8,10,12,14,17,33H2,1-2H3,(H,40,41)/b32-15?,36-25+/t20-,27+/m1/s1. The molecule has 14 heteroatoms. The average Bonchev–Trinajstić information content (AvgIpc) is 3.25. The van der Waals surface area contributed by atoms with Gasteiger partial charge < -0.3 is 11.3 Å². The zero-order chi connectivity index (χ0) is 30.5. The Balaban J connectivity index is 1.66. The third-order valence-electron chi connectivity index (χ3n) is 8.55. The zero-order valence-corrected chi connectivity index (χ0v) is 24.0. The van der Waals surface area contributed by atoms with Crippen LogP contribution in [-0.4, -0.2) is 64.2 Å². The van der Waals surface area contributed by atoms with E-state index in [0.717, 1.165) is 47.1 Å². The number of hydrogen-bond donors (Lipinski definition) is 3. The maximum Gasteiger partial charge on any atom is 0.416 e. The number of fused-ring (bicyclic) bond motifs is 2. The quantitative estimate of drug-likeness (QED) is 0.132. The van der Waals surface area contributed by atoms with Crippen molar-refractivity contribution in [3.8, 4) is 5.69 Å². The molecule has 4 N–H and O–H groups in total. The van der Waals surface area contributed by atoms with Gasteiger partial charge in [-0.25, -0.2) is 8.99 Å². The lowest BCUT2D eigenvalue weighted by Gasteiger charge is -2.55. The SMILES string of the molecule is Cc1ccc(-n2ncc3c2CC[C@@H]2CCN(S(C)(=O)(O)/C(C=N)=N/N)C[C@@]2(C(=O)c2cc(C(F)(F)F)ccn2)C3)cc1. The highest BCUT2D eigenvalue weighted by molar-refractivity contribution is 8.26. The number of pyridine rings is 1. The van der Waals surface area contributed by atoms with Crippen molar-refractivity contribution in [1.82, 2.24) is 19.1 Å². The molecule has 3 aromatic rings. The number of Topliss-reactive ketones (excluding diaryl/α,β-unsaturated/α-hetero) is 1. The molecule has 0 spiro atoms. The summed E-state index contributed by atoms with van der Waals surface area (Å²) in [4.78, 5) is 18.5. The Morgan fingerprint density at radius 2 is 1.98 bits per heavy atom. The molecule has 5 rings (SSSR count). The zero-order valence-electron chi connectivity index (χ0n) is 23.1. The van der Waals surface area contributed by atoms with Crippen molar-refractivity contribution in [2.24, 2.45) is 22.3 Å². The molecule has 10 nitrogen and oxygen atoms in total. The van der Waals surface area contributed by atoms with Gasteiger partial charge in [0.25, 0.3) is 0 Å². The number of aryl methyl sites for hydroxylation is 1. The first-order valence-corrected chi connectivity index (χ1v) is 15.6. The van der Waals surface area contributed by atoms with Crippen LogP contribution in [0.3, 0.4) is 0 Å². The Hall–Kier alpha value is -3.75. The molecular weight excluding hydrogens is 571 g/mol. The van der Waals surface area contributed by atoms with Gasteiger partial charge in [-0.2, -0.15) is 27.6 Å². The second-order valence-corrected chi connectivity index (χ2v) is 14.6. The Morgan fingerprint density at radius 1 is 1.26 bits per heavy atom. The van der Waals surface area contributed by atoms with Gasteiger partial charge in [0.15, 0.2) is 10.8 Å². The number of rotatable bonds is 5. The number of aromatic nitrogens is 3. The van der Waals surface area contributed by atoms with Gasteiger partial charge in [-0.3, -0.25) is 14.3 Å². The lowest BCUT2D eigenvalue weighted by atomic mass is 9.64. The summed E-state index contributed by atoms with van der Waals surface area (Å²) in [6, 6.07) is 9.32. The van der Waals surface area contributed by atoms with Gasteiger partial charge in [-0.15, -0.1) is 0 Å². The molecule has 0 unspecified atom stereocenters. The van der Waals surface area contributed by atoms with E-state index in [4.69, 9.17) is 11.3 Å². The first kappa shape index (κ1) is 29.7.